The summed E-state index contributed by atoms with van der Waals surface area (Å²) in [5.74, 6) is -0.883. The first kappa shape index (κ1) is 15.5. The Balaban J connectivity index is 2.09. The fourth-order valence-corrected chi connectivity index (χ4v) is 2.47. The van der Waals surface area contributed by atoms with E-state index in [9.17, 15) is 9.59 Å². The van der Waals surface area contributed by atoms with Crippen LogP contribution in [0.25, 0.3) is 0 Å². The number of carbonyl (C=O) groups excluding carboxylic acids is 1. The standard InChI is InChI=1S/C16H21NO4/c1-11(2)17(7-3-4-15(18)19)16(20)12-5-6-13-9-21-10-14(13)8-12/h5-6,8,11H,3-4,7,9-10H2,1-2H3,(H,18,19). The van der Waals surface area contributed by atoms with E-state index in [2.05, 4.69) is 0 Å². The van der Waals surface area contributed by atoms with E-state index in [0.29, 0.717) is 31.7 Å². The SMILES string of the molecule is CC(C)N(CCCC(=O)O)C(=O)c1ccc2c(c1)COC2. The van der Waals surface area contributed by atoms with Crippen LogP contribution in [0, 0.1) is 0 Å². The molecule has 21 heavy (non-hydrogen) atoms. The number of fused-ring (bicyclic) bond motifs is 1. The third-order valence-electron chi connectivity index (χ3n) is 3.64. The molecule has 1 amide bonds. The fourth-order valence-electron chi connectivity index (χ4n) is 2.47. The average molecular weight is 291 g/mol. The molecule has 1 N–H and O–H groups in total. The number of benzene rings is 1. The van der Waals surface area contributed by atoms with Gasteiger partial charge < -0.3 is 14.7 Å². The van der Waals surface area contributed by atoms with Crippen molar-refractivity contribution in [2.75, 3.05) is 6.54 Å². The second kappa shape index (κ2) is 6.72. The van der Waals surface area contributed by atoms with E-state index < -0.39 is 5.97 Å². The maximum Gasteiger partial charge on any atom is 0.303 e. The number of carboxylic acids is 1. The lowest BCUT2D eigenvalue weighted by molar-refractivity contribution is -0.137. The number of amides is 1. The number of hydrogen-bond acceptors (Lipinski definition) is 3. The smallest absolute Gasteiger partial charge is 0.303 e. The van der Waals surface area contributed by atoms with E-state index in [1.54, 1.807) is 4.90 Å². The van der Waals surface area contributed by atoms with Gasteiger partial charge in [0.1, 0.15) is 0 Å². The first-order chi connectivity index (χ1) is 9.99. The predicted molar refractivity (Wildman–Crippen MR) is 78.0 cm³/mol. The van der Waals surface area contributed by atoms with Gasteiger partial charge in [-0.15, -0.1) is 0 Å². The molecule has 1 heterocycles. The minimum Gasteiger partial charge on any atom is -0.481 e. The van der Waals surface area contributed by atoms with Gasteiger partial charge in [-0.2, -0.15) is 0 Å². The van der Waals surface area contributed by atoms with E-state index in [4.69, 9.17) is 9.84 Å². The summed E-state index contributed by atoms with van der Waals surface area (Å²) in [7, 11) is 0. The van der Waals surface area contributed by atoms with Gasteiger partial charge in [0.15, 0.2) is 0 Å². The summed E-state index contributed by atoms with van der Waals surface area (Å²) in [4.78, 5) is 24.9. The fraction of sp³-hybridized carbons (Fsp3) is 0.500. The topological polar surface area (TPSA) is 66.8 Å². The molecule has 1 aliphatic heterocycles. The van der Waals surface area contributed by atoms with Crippen LogP contribution in [0.1, 0.15) is 48.2 Å². The minimum atomic E-state index is -0.833. The van der Waals surface area contributed by atoms with Crippen molar-refractivity contribution in [1.29, 1.82) is 0 Å². The van der Waals surface area contributed by atoms with Gasteiger partial charge in [0.05, 0.1) is 13.2 Å². The Morgan fingerprint density at radius 3 is 2.67 bits per heavy atom. The van der Waals surface area contributed by atoms with E-state index in [1.807, 2.05) is 32.0 Å². The van der Waals surface area contributed by atoms with Crippen LogP contribution in [-0.4, -0.2) is 34.5 Å². The molecule has 0 aromatic heterocycles. The summed E-state index contributed by atoms with van der Waals surface area (Å²) in [5.41, 5.74) is 2.84. The summed E-state index contributed by atoms with van der Waals surface area (Å²) in [6.45, 7) is 5.49. The van der Waals surface area contributed by atoms with Gasteiger partial charge >= 0.3 is 5.97 Å². The highest BCUT2D eigenvalue weighted by atomic mass is 16.5. The molecule has 0 spiro atoms. The lowest BCUT2D eigenvalue weighted by Crippen LogP contribution is -2.38. The number of carbonyl (C=O) groups is 2. The number of aliphatic carboxylic acids is 1. The highest BCUT2D eigenvalue weighted by Crippen LogP contribution is 2.22. The number of carboxylic acid groups (broad SMARTS) is 1. The molecule has 1 aliphatic rings. The van der Waals surface area contributed by atoms with Crippen LogP contribution in [0.2, 0.25) is 0 Å². The average Bonchev–Trinajstić information content (AvgIpc) is 2.89. The molecule has 0 atom stereocenters. The zero-order chi connectivity index (χ0) is 15.4. The molecule has 2 rings (SSSR count). The summed E-state index contributed by atoms with van der Waals surface area (Å²) >= 11 is 0. The molecule has 1 aromatic rings. The van der Waals surface area contributed by atoms with Crippen molar-refractivity contribution in [3.8, 4) is 0 Å². The van der Waals surface area contributed by atoms with Gasteiger partial charge in [0, 0.05) is 24.6 Å². The Kier molecular flexibility index (Phi) is 4.96. The van der Waals surface area contributed by atoms with Crippen LogP contribution < -0.4 is 0 Å². The van der Waals surface area contributed by atoms with Gasteiger partial charge in [-0.1, -0.05) is 6.07 Å². The molecule has 1 aromatic carbocycles. The lowest BCUT2D eigenvalue weighted by Gasteiger charge is -2.27. The second-order valence-corrected chi connectivity index (χ2v) is 5.57. The van der Waals surface area contributed by atoms with Gasteiger partial charge in [-0.25, -0.2) is 0 Å². The normalized spacial score (nSPS) is 13.3. The molecule has 0 aliphatic carbocycles. The quantitative estimate of drug-likeness (QED) is 0.874. The van der Waals surface area contributed by atoms with E-state index >= 15 is 0 Å². The third kappa shape index (κ3) is 3.82. The van der Waals surface area contributed by atoms with Gasteiger partial charge in [-0.3, -0.25) is 9.59 Å². The van der Waals surface area contributed by atoms with E-state index in [0.717, 1.165) is 11.1 Å². The van der Waals surface area contributed by atoms with Crippen molar-refractivity contribution in [3.63, 3.8) is 0 Å². The Labute approximate surface area is 124 Å². The second-order valence-electron chi connectivity index (χ2n) is 5.57. The van der Waals surface area contributed by atoms with Crippen LogP contribution in [0.15, 0.2) is 18.2 Å². The van der Waals surface area contributed by atoms with Crippen molar-refractivity contribution in [2.24, 2.45) is 0 Å². The molecule has 5 heteroatoms. The first-order valence-corrected chi connectivity index (χ1v) is 7.21. The van der Waals surface area contributed by atoms with Crippen molar-refractivity contribution < 1.29 is 19.4 Å². The van der Waals surface area contributed by atoms with Crippen LogP contribution in [0.5, 0.6) is 0 Å². The molecule has 0 unspecified atom stereocenters. The molecule has 5 nitrogen and oxygen atoms in total. The first-order valence-electron chi connectivity index (χ1n) is 7.21. The summed E-state index contributed by atoms with van der Waals surface area (Å²) < 4.78 is 5.36. The zero-order valence-electron chi connectivity index (χ0n) is 12.5. The van der Waals surface area contributed by atoms with Gasteiger partial charge in [0.2, 0.25) is 0 Å². The van der Waals surface area contributed by atoms with E-state index in [1.165, 1.54) is 0 Å². The molecule has 114 valence electrons. The van der Waals surface area contributed by atoms with Crippen molar-refractivity contribution >= 4 is 11.9 Å². The summed E-state index contributed by atoms with van der Waals surface area (Å²) in [5, 5.41) is 8.71. The maximum absolute atomic E-state index is 12.6. The molecular formula is C16H21NO4. The third-order valence-corrected chi connectivity index (χ3v) is 3.64. The van der Waals surface area contributed by atoms with Crippen LogP contribution in [-0.2, 0) is 22.7 Å². The van der Waals surface area contributed by atoms with E-state index in [-0.39, 0.29) is 18.4 Å². The number of rotatable bonds is 6. The van der Waals surface area contributed by atoms with Crippen LogP contribution in [0.3, 0.4) is 0 Å². The molecule has 0 bridgehead atoms. The Morgan fingerprint density at radius 1 is 1.29 bits per heavy atom. The predicted octanol–water partition coefficient (Wildman–Crippen LogP) is 2.43. The number of hydrogen-bond donors (Lipinski definition) is 1. The highest BCUT2D eigenvalue weighted by molar-refractivity contribution is 5.94. The Morgan fingerprint density at radius 2 is 2.00 bits per heavy atom. The van der Waals surface area contributed by atoms with Crippen molar-refractivity contribution in [1.82, 2.24) is 4.90 Å². The van der Waals surface area contributed by atoms with Crippen LogP contribution >= 0.6 is 0 Å². The highest BCUT2D eigenvalue weighted by Gasteiger charge is 2.21. The van der Waals surface area contributed by atoms with Crippen molar-refractivity contribution in [3.05, 3.63) is 34.9 Å². The number of ether oxygens (including phenoxy) is 1. The lowest BCUT2D eigenvalue weighted by atomic mass is 10.0. The van der Waals surface area contributed by atoms with Crippen LogP contribution in [0.4, 0.5) is 0 Å². The molecule has 0 saturated carbocycles. The molecule has 0 radical (unpaired) electrons. The molecule has 0 saturated heterocycles. The van der Waals surface area contributed by atoms with Gasteiger partial charge in [-0.05, 0) is 43.5 Å². The van der Waals surface area contributed by atoms with Crippen molar-refractivity contribution in [2.45, 2.75) is 45.9 Å². The molecular weight excluding hydrogens is 270 g/mol. The minimum absolute atomic E-state index is 0.0378. The molecule has 0 fully saturated rings. The zero-order valence-corrected chi connectivity index (χ0v) is 12.5. The maximum atomic E-state index is 12.6. The Hall–Kier alpha value is -1.88. The Bertz CT molecular complexity index is 539. The monoisotopic (exact) mass is 291 g/mol. The largest absolute Gasteiger partial charge is 0.481 e. The number of nitrogens with zero attached hydrogens (tertiary/aromatic N) is 1. The summed E-state index contributed by atoms with van der Waals surface area (Å²) in [6.07, 6.45) is 0.543. The summed E-state index contributed by atoms with van der Waals surface area (Å²) in [6, 6.07) is 5.68. The van der Waals surface area contributed by atoms with Gasteiger partial charge in [0.25, 0.3) is 5.91 Å².